The number of carbonyl (C=O) groups excluding carboxylic acids is 1. The van der Waals surface area contributed by atoms with E-state index in [1.807, 2.05) is 32.9 Å². The molecular formula is C11H18N2O. The van der Waals surface area contributed by atoms with Crippen LogP contribution in [0.1, 0.15) is 31.7 Å². The number of rotatable bonds is 3. The number of amides is 1. The first-order valence-corrected chi connectivity index (χ1v) is 4.82. The zero-order chi connectivity index (χ0) is 10.6. The Hall–Kier alpha value is -1.38. The molecule has 0 saturated heterocycles. The first-order valence-electron chi connectivity index (χ1n) is 4.82. The molecule has 78 valence electrons. The minimum Gasteiger partial charge on any atom is -0.352 e. The van der Waals surface area contributed by atoms with Crippen molar-refractivity contribution in [2.24, 2.45) is 0 Å². The fourth-order valence-corrected chi connectivity index (χ4v) is 1.35. The highest BCUT2D eigenvalue weighted by atomic mass is 16.1. The molecule has 1 amide bonds. The summed E-state index contributed by atoms with van der Waals surface area (Å²) in [6.07, 6.45) is 0.531. The van der Waals surface area contributed by atoms with Crippen LogP contribution in [0.2, 0.25) is 0 Å². The van der Waals surface area contributed by atoms with Crippen LogP contribution in [-0.4, -0.2) is 10.9 Å². The lowest BCUT2D eigenvalue weighted by Crippen LogP contribution is -2.21. The molecular weight excluding hydrogens is 176 g/mol. The summed E-state index contributed by atoms with van der Waals surface area (Å²) < 4.78 is 0. The molecule has 0 fully saturated rings. The van der Waals surface area contributed by atoms with Gasteiger partial charge >= 0.3 is 0 Å². The zero-order valence-electron chi connectivity index (χ0n) is 8.92. The monoisotopic (exact) mass is 194 g/mol. The van der Waals surface area contributed by atoms with Crippen molar-refractivity contribution in [3.63, 3.8) is 0 Å². The van der Waals surface area contributed by atoms with Crippen LogP contribution in [0, 0.1) is 13.8 Å². The van der Waals surface area contributed by atoms with Crippen molar-refractivity contribution in [2.75, 3.05) is 0 Å². The molecule has 14 heavy (non-hydrogen) atoms. The number of nitrogens with one attached hydrogen (secondary N) is 1. The molecule has 0 aliphatic carbocycles. The van der Waals surface area contributed by atoms with E-state index in [9.17, 15) is 4.79 Å². The fourth-order valence-electron chi connectivity index (χ4n) is 1.35. The molecule has 3 nitrogen and oxygen atoms in total. The molecule has 0 aliphatic rings. The Morgan fingerprint density at radius 1 is 1.43 bits per heavy atom. The van der Waals surface area contributed by atoms with E-state index in [1.54, 1.807) is 0 Å². The maximum atomic E-state index is 11.0. The Morgan fingerprint density at radius 2 is 2.00 bits per heavy atom. The molecule has 1 heterocycles. The average Bonchev–Trinajstić information content (AvgIpc) is 2.12. The van der Waals surface area contributed by atoms with Crippen LogP contribution in [0.3, 0.4) is 0 Å². The number of hydrogen-bond donors (Lipinski definition) is 1. The van der Waals surface area contributed by atoms with E-state index in [0.29, 0.717) is 13.0 Å². The van der Waals surface area contributed by atoms with Crippen molar-refractivity contribution < 1.29 is 6.22 Å². The van der Waals surface area contributed by atoms with Crippen molar-refractivity contribution in [1.29, 1.82) is 0 Å². The summed E-state index contributed by atoms with van der Waals surface area (Å²) >= 11 is 0. The SMILES string of the molecule is CCC(=O)NCc1cc(C)nc(C)c1.[HH]. The van der Waals surface area contributed by atoms with Gasteiger partial charge in [-0.1, -0.05) is 6.92 Å². The smallest absolute Gasteiger partial charge is 0.219 e. The maximum absolute atomic E-state index is 11.0. The van der Waals surface area contributed by atoms with Gasteiger partial charge in [0.1, 0.15) is 0 Å². The molecule has 0 bridgehead atoms. The number of nitrogens with zero attached hydrogens (tertiary/aromatic N) is 1. The number of pyridine rings is 1. The van der Waals surface area contributed by atoms with Gasteiger partial charge in [-0.3, -0.25) is 9.78 Å². The second kappa shape index (κ2) is 4.74. The molecule has 0 atom stereocenters. The van der Waals surface area contributed by atoms with Crippen molar-refractivity contribution >= 4 is 5.91 Å². The van der Waals surface area contributed by atoms with E-state index < -0.39 is 0 Å². The van der Waals surface area contributed by atoms with Gasteiger partial charge in [-0.25, -0.2) is 0 Å². The lowest BCUT2D eigenvalue weighted by molar-refractivity contribution is -0.120. The van der Waals surface area contributed by atoms with Gasteiger partial charge in [0.05, 0.1) is 0 Å². The lowest BCUT2D eigenvalue weighted by atomic mass is 10.2. The molecule has 0 aromatic carbocycles. The van der Waals surface area contributed by atoms with Crippen LogP contribution in [0.5, 0.6) is 0 Å². The fraction of sp³-hybridized carbons (Fsp3) is 0.455. The molecule has 0 radical (unpaired) electrons. The van der Waals surface area contributed by atoms with Crippen LogP contribution in [0.15, 0.2) is 12.1 Å². The van der Waals surface area contributed by atoms with Crippen LogP contribution in [0.4, 0.5) is 0 Å². The Labute approximate surface area is 86.0 Å². The average molecular weight is 194 g/mol. The van der Waals surface area contributed by atoms with E-state index >= 15 is 0 Å². The van der Waals surface area contributed by atoms with E-state index in [1.165, 1.54) is 0 Å². The maximum Gasteiger partial charge on any atom is 0.219 e. The lowest BCUT2D eigenvalue weighted by Gasteiger charge is -2.05. The summed E-state index contributed by atoms with van der Waals surface area (Å²) in [6, 6.07) is 3.98. The summed E-state index contributed by atoms with van der Waals surface area (Å²) in [4.78, 5) is 15.3. The van der Waals surface area contributed by atoms with Gasteiger partial charge < -0.3 is 5.32 Å². The van der Waals surface area contributed by atoms with Gasteiger partial charge in [-0.05, 0) is 31.5 Å². The number of carbonyl (C=O) groups is 1. The number of aryl methyl sites for hydroxylation is 2. The molecule has 0 aliphatic heterocycles. The van der Waals surface area contributed by atoms with Crippen molar-refractivity contribution in [1.82, 2.24) is 10.3 Å². The van der Waals surface area contributed by atoms with Gasteiger partial charge in [0.25, 0.3) is 0 Å². The molecule has 1 N–H and O–H groups in total. The van der Waals surface area contributed by atoms with Gasteiger partial charge in [-0.2, -0.15) is 0 Å². The standard InChI is InChI=1S/C11H16N2O.H2/c1-4-11(14)12-7-10-5-8(2)13-9(3)6-10;/h5-6H,4,7H2,1-3H3,(H,12,14);1H. The van der Waals surface area contributed by atoms with Gasteiger partial charge in [0, 0.05) is 25.8 Å². The molecule has 0 saturated carbocycles. The Balaban J connectivity index is 0.00000196. The summed E-state index contributed by atoms with van der Waals surface area (Å²) in [5, 5.41) is 2.84. The summed E-state index contributed by atoms with van der Waals surface area (Å²) in [6.45, 7) is 6.35. The van der Waals surface area contributed by atoms with Crippen LogP contribution in [0.25, 0.3) is 0 Å². The molecule has 1 aromatic heterocycles. The normalized spacial score (nSPS) is 9.93. The second-order valence-corrected chi connectivity index (χ2v) is 3.39. The van der Waals surface area contributed by atoms with E-state index in [2.05, 4.69) is 10.3 Å². The Kier molecular flexibility index (Phi) is 3.63. The van der Waals surface area contributed by atoms with E-state index in [0.717, 1.165) is 17.0 Å². The van der Waals surface area contributed by atoms with E-state index in [-0.39, 0.29) is 7.33 Å². The zero-order valence-corrected chi connectivity index (χ0v) is 8.92. The third kappa shape index (κ3) is 3.17. The summed E-state index contributed by atoms with van der Waals surface area (Å²) in [5.74, 6) is 0.0807. The quantitative estimate of drug-likeness (QED) is 0.799. The summed E-state index contributed by atoms with van der Waals surface area (Å²) in [7, 11) is 0. The minimum atomic E-state index is 0. The van der Waals surface area contributed by atoms with Gasteiger partial charge in [0.15, 0.2) is 0 Å². The third-order valence-corrected chi connectivity index (χ3v) is 1.95. The van der Waals surface area contributed by atoms with Crippen LogP contribution >= 0.6 is 0 Å². The Bertz CT molecular complexity index is 319. The third-order valence-electron chi connectivity index (χ3n) is 1.95. The highest BCUT2D eigenvalue weighted by molar-refractivity contribution is 5.75. The van der Waals surface area contributed by atoms with Crippen LogP contribution in [-0.2, 0) is 11.3 Å². The van der Waals surface area contributed by atoms with Gasteiger partial charge in [0.2, 0.25) is 5.91 Å². The number of hydrogen-bond acceptors (Lipinski definition) is 2. The highest BCUT2D eigenvalue weighted by Gasteiger charge is 1.99. The largest absolute Gasteiger partial charge is 0.352 e. The first kappa shape index (κ1) is 10.7. The predicted molar refractivity (Wildman–Crippen MR) is 58.0 cm³/mol. The van der Waals surface area contributed by atoms with Gasteiger partial charge in [-0.15, -0.1) is 0 Å². The van der Waals surface area contributed by atoms with Crippen molar-refractivity contribution in [3.05, 3.63) is 29.1 Å². The highest BCUT2D eigenvalue weighted by Crippen LogP contribution is 2.04. The minimum absolute atomic E-state index is 0. The Morgan fingerprint density at radius 3 is 2.50 bits per heavy atom. The van der Waals surface area contributed by atoms with Crippen molar-refractivity contribution in [3.8, 4) is 0 Å². The molecule has 0 unspecified atom stereocenters. The molecule has 1 rings (SSSR count). The van der Waals surface area contributed by atoms with E-state index in [4.69, 9.17) is 0 Å². The summed E-state index contributed by atoms with van der Waals surface area (Å²) in [5.41, 5.74) is 3.09. The van der Waals surface area contributed by atoms with Crippen molar-refractivity contribution in [2.45, 2.75) is 33.7 Å². The molecule has 1 aromatic rings. The molecule has 0 spiro atoms. The van der Waals surface area contributed by atoms with Crippen LogP contribution < -0.4 is 5.32 Å². The second-order valence-electron chi connectivity index (χ2n) is 3.39. The topological polar surface area (TPSA) is 42.0 Å². The first-order chi connectivity index (χ1) is 6.61. The number of aromatic nitrogens is 1. The molecule has 3 heteroatoms. The predicted octanol–water partition coefficient (Wildman–Crippen LogP) is 1.97.